The second-order valence-corrected chi connectivity index (χ2v) is 6.39. The number of nitrogen functional groups attached to an aromatic ring is 1. The predicted molar refractivity (Wildman–Crippen MR) is 85.9 cm³/mol. The summed E-state index contributed by atoms with van der Waals surface area (Å²) in [6, 6.07) is -0.518. The maximum absolute atomic E-state index is 12.6. The minimum absolute atomic E-state index is 0.0576. The second-order valence-electron chi connectivity index (χ2n) is 5.62. The summed E-state index contributed by atoms with van der Waals surface area (Å²) in [5, 5.41) is 9.43. The zero-order valence-electron chi connectivity index (χ0n) is 13.0. The first-order valence-electron chi connectivity index (χ1n) is 7.39. The van der Waals surface area contributed by atoms with Gasteiger partial charge in [-0.05, 0) is 6.42 Å². The van der Waals surface area contributed by atoms with Gasteiger partial charge in [-0.2, -0.15) is 4.98 Å². The maximum atomic E-state index is 12.6. The summed E-state index contributed by atoms with van der Waals surface area (Å²) in [5.74, 6) is -0.467. The quantitative estimate of drug-likeness (QED) is 0.435. The summed E-state index contributed by atoms with van der Waals surface area (Å²) >= 11 is 0. The van der Waals surface area contributed by atoms with Crippen LogP contribution in [0, 0.1) is 0 Å². The van der Waals surface area contributed by atoms with Gasteiger partial charge in [0.05, 0.1) is 25.1 Å². The van der Waals surface area contributed by atoms with Crippen LogP contribution in [0.25, 0.3) is 11.2 Å². The van der Waals surface area contributed by atoms with Crippen LogP contribution in [0.1, 0.15) is 6.42 Å². The summed E-state index contributed by atoms with van der Waals surface area (Å²) in [7, 11) is -3.13. The molecule has 136 valence electrons. The first-order chi connectivity index (χ1) is 11.9. The predicted octanol–water partition coefficient (Wildman–Crippen LogP) is -1.94. The van der Waals surface area contributed by atoms with Crippen molar-refractivity contribution in [2.24, 2.45) is 0 Å². The van der Waals surface area contributed by atoms with Gasteiger partial charge < -0.3 is 29.7 Å². The van der Waals surface area contributed by atoms with E-state index in [1.54, 1.807) is 0 Å². The zero-order valence-corrected chi connectivity index (χ0v) is 14.0. The lowest BCUT2D eigenvalue weighted by Crippen LogP contribution is -2.40. The molecular weight excluding hydrogens is 355 g/mol. The van der Waals surface area contributed by atoms with Crippen LogP contribution in [0.5, 0.6) is 0 Å². The lowest BCUT2D eigenvalue weighted by molar-refractivity contribution is -0.133. The molecule has 0 radical (unpaired) electrons. The highest BCUT2D eigenvalue weighted by atomic mass is 31.1. The summed E-state index contributed by atoms with van der Waals surface area (Å²) in [4.78, 5) is 44.8. The number of carbonyl (C=O) groups is 1. The molecular formula is C12H17N6O6P. The normalized spacial score (nSPS) is 21.8. The Labute approximate surface area is 141 Å². The van der Waals surface area contributed by atoms with Crippen molar-refractivity contribution < 1.29 is 23.9 Å². The fourth-order valence-electron chi connectivity index (χ4n) is 2.90. The molecule has 25 heavy (non-hydrogen) atoms. The second kappa shape index (κ2) is 6.92. The number of rotatable bonds is 5. The summed E-state index contributed by atoms with van der Waals surface area (Å²) in [6.45, 7) is -0.388. The van der Waals surface area contributed by atoms with E-state index >= 15 is 0 Å². The van der Waals surface area contributed by atoms with E-state index in [-0.39, 0.29) is 49.1 Å². The van der Waals surface area contributed by atoms with E-state index in [1.165, 1.54) is 15.8 Å². The number of aliphatic hydroxyl groups excluding tert-OH is 1. The smallest absolute Gasteiger partial charge is 0.316 e. The van der Waals surface area contributed by atoms with Crippen molar-refractivity contribution in [3.05, 3.63) is 16.7 Å². The molecule has 1 aliphatic heterocycles. The van der Waals surface area contributed by atoms with Gasteiger partial charge >= 0.3 is 8.25 Å². The molecule has 13 heteroatoms. The molecule has 2 aromatic rings. The van der Waals surface area contributed by atoms with Crippen LogP contribution in [0.4, 0.5) is 5.95 Å². The molecule has 1 aliphatic rings. The van der Waals surface area contributed by atoms with Gasteiger partial charge in [0.1, 0.15) is 6.54 Å². The van der Waals surface area contributed by atoms with Crippen LogP contribution < -0.4 is 11.3 Å². The van der Waals surface area contributed by atoms with Crippen molar-refractivity contribution in [3.63, 3.8) is 0 Å². The number of nitrogens with two attached hydrogens (primary N) is 1. The first-order valence-corrected chi connectivity index (χ1v) is 8.66. The number of anilines is 1. The number of fused-ring (bicyclic) bond motifs is 1. The van der Waals surface area contributed by atoms with E-state index in [2.05, 4.69) is 15.0 Å². The van der Waals surface area contributed by atoms with Crippen LogP contribution in [0.3, 0.4) is 0 Å². The molecule has 1 fully saturated rings. The molecule has 1 saturated heterocycles. The van der Waals surface area contributed by atoms with Crippen LogP contribution in [0.2, 0.25) is 0 Å². The average molecular weight is 372 g/mol. The third kappa shape index (κ3) is 3.56. The Morgan fingerprint density at radius 1 is 1.56 bits per heavy atom. The Morgan fingerprint density at radius 3 is 3.00 bits per heavy atom. The van der Waals surface area contributed by atoms with Gasteiger partial charge in [0.25, 0.3) is 5.56 Å². The Hall–Kier alpha value is -2.27. The molecule has 2 aromatic heterocycles. The fourth-order valence-corrected chi connectivity index (χ4v) is 3.36. The number of hydrogen-bond donors (Lipinski definition) is 4. The molecule has 1 amide bonds. The van der Waals surface area contributed by atoms with Gasteiger partial charge in [-0.3, -0.25) is 19.1 Å². The number of imidazole rings is 1. The number of nitrogens with one attached hydrogen (secondary N) is 1. The molecule has 0 bridgehead atoms. The Bertz CT molecular complexity index is 881. The lowest BCUT2D eigenvalue weighted by Gasteiger charge is -2.22. The van der Waals surface area contributed by atoms with Gasteiger partial charge in [-0.25, -0.2) is 4.98 Å². The Morgan fingerprint density at radius 2 is 2.32 bits per heavy atom. The number of carbonyl (C=O) groups excluding carboxylic acids is 1. The molecule has 0 aliphatic carbocycles. The number of aliphatic hydroxyl groups is 1. The van der Waals surface area contributed by atoms with E-state index in [0.717, 1.165) is 0 Å². The Balaban J connectivity index is 1.80. The summed E-state index contributed by atoms with van der Waals surface area (Å²) in [6.07, 6.45) is 0.942. The molecule has 0 saturated carbocycles. The van der Waals surface area contributed by atoms with Gasteiger partial charge in [-0.1, -0.05) is 0 Å². The van der Waals surface area contributed by atoms with E-state index in [9.17, 15) is 19.3 Å². The van der Waals surface area contributed by atoms with E-state index in [1.807, 2.05) is 0 Å². The third-order valence-corrected chi connectivity index (χ3v) is 4.51. The lowest BCUT2D eigenvalue weighted by atomic mass is 10.2. The minimum atomic E-state index is -3.13. The monoisotopic (exact) mass is 372 g/mol. The molecule has 5 N–H and O–H groups in total. The third-order valence-electron chi connectivity index (χ3n) is 3.97. The molecule has 3 rings (SSSR count). The van der Waals surface area contributed by atoms with Crippen molar-refractivity contribution in [2.75, 3.05) is 18.9 Å². The number of nitrogens with zero attached hydrogens (tertiary/aromatic N) is 4. The standard InChI is InChI=1S/C12H17N6O6P/c13-12-15-10-9(11(21)16-12)14-5-17(10)3-8(20)18-2-7(24-25(22)23)1-6(18)4-19/h5-7,19,25H,1-4H2,(H,22,23)(H3,13,15,16,21)/t6-,7+/m0/s1. The van der Waals surface area contributed by atoms with Crippen molar-refractivity contribution >= 4 is 31.3 Å². The molecule has 0 aromatic carbocycles. The number of likely N-dealkylation sites (tertiary alicyclic amines) is 1. The van der Waals surface area contributed by atoms with Gasteiger partial charge in [0.15, 0.2) is 11.2 Å². The fraction of sp³-hybridized carbons (Fsp3) is 0.500. The number of H-pyrrole nitrogens is 1. The number of hydrogen-bond acceptors (Lipinski definition) is 8. The highest BCUT2D eigenvalue weighted by Gasteiger charge is 2.36. The van der Waals surface area contributed by atoms with Crippen LogP contribution >= 0.6 is 8.25 Å². The summed E-state index contributed by atoms with van der Waals surface area (Å²) < 4.78 is 17.1. The first kappa shape index (κ1) is 17.5. The minimum Gasteiger partial charge on any atom is -0.394 e. The largest absolute Gasteiger partial charge is 0.394 e. The molecule has 3 atom stereocenters. The van der Waals surface area contributed by atoms with E-state index in [4.69, 9.17) is 15.2 Å². The van der Waals surface area contributed by atoms with E-state index in [0.29, 0.717) is 0 Å². The van der Waals surface area contributed by atoms with E-state index < -0.39 is 26.0 Å². The van der Waals surface area contributed by atoms with Crippen molar-refractivity contribution in [1.82, 2.24) is 24.4 Å². The van der Waals surface area contributed by atoms with Crippen LogP contribution in [-0.2, 0) is 20.4 Å². The zero-order chi connectivity index (χ0) is 18.1. The van der Waals surface area contributed by atoms with Crippen molar-refractivity contribution in [3.8, 4) is 0 Å². The van der Waals surface area contributed by atoms with Crippen LogP contribution in [-0.4, -0.2) is 65.6 Å². The molecule has 0 spiro atoms. The van der Waals surface area contributed by atoms with Crippen molar-refractivity contribution in [2.45, 2.75) is 25.1 Å². The van der Waals surface area contributed by atoms with Gasteiger partial charge in [0, 0.05) is 6.54 Å². The van der Waals surface area contributed by atoms with Crippen LogP contribution in [0.15, 0.2) is 11.1 Å². The number of aromatic nitrogens is 4. The highest BCUT2D eigenvalue weighted by molar-refractivity contribution is 7.32. The summed E-state index contributed by atoms with van der Waals surface area (Å²) in [5.41, 5.74) is 5.23. The number of amides is 1. The highest BCUT2D eigenvalue weighted by Crippen LogP contribution is 2.28. The van der Waals surface area contributed by atoms with Gasteiger partial charge in [-0.15, -0.1) is 0 Å². The molecule has 12 nitrogen and oxygen atoms in total. The molecule has 3 heterocycles. The van der Waals surface area contributed by atoms with Crippen molar-refractivity contribution in [1.29, 1.82) is 0 Å². The Kier molecular flexibility index (Phi) is 4.86. The maximum Gasteiger partial charge on any atom is 0.316 e. The SMILES string of the molecule is Nc1nc2c(ncn2CC(=O)N2C[C@H](O[PH](=O)O)C[C@H]2CO)c(=O)[nH]1. The topological polar surface area (TPSA) is 177 Å². The number of aromatic amines is 1. The molecule has 1 unspecified atom stereocenters. The van der Waals surface area contributed by atoms with Gasteiger partial charge in [0.2, 0.25) is 11.9 Å². The average Bonchev–Trinajstić information content (AvgIpc) is 3.11.